The average Bonchev–Trinajstić information content (AvgIpc) is 2.37. The zero-order chi connectivity index (χ0) is 8.77. The van der Waals surface area contributed by atoms with E-state index >= 15 is 0 Å². The van der Waals surface area contributed by atoms with Crippen molar-refractivity contribution in [3.05, 3.63) is 0 Å². The highest BCUT2D eigenvalue weighted by Crippen LogP contribution is 2.39. The molecule has 1 saturated heterocycles. The molecular weight excluding hydrogens is 146 g/mol. The molecule has 1 heterocycles. The molecule has 2 aliphatic rings. The average molecular weight is 167 g/mol. The van der Waals surface area contributed by atoms with Gasteiger partial charge in [0.2, 0.25) is 0 Å². The van der Waals surface area contributed by atoms with Gasteiger partial charge in [0.15, 0.2) is 0 Å². The minimum absolute atomic E-state index is 0.463. The quantitative estimate of drug-likeness (QED) is 0.584. The van der Waals surface area contributed by atoms with Crippen molar-refractivity contribution in [1.82, 2.24) is 5.32 Å². The molecule has 1 aliphatic heterocycles. The predicted octanol–water partition coefficient (Wildman–Crippen LogP) is 2.56. The summed E-state index contributed by atoms with van der Waals surface area (Å²) in [4.78, 5) is 0. The van der Waals surface area contributed by atoms with E-state index in [-0.39, 0.29) is 0 Å². The lowest BCUT2D eigenvalue weighted by Gasteiger charge is -2.28. The molecule has 0 bridgehead atoms. The van der Waals surface area contributed by atoms with Crippen LogP contribution in [0.4, 0.5) is 0 Å². The molecule has 1 nitrogen and oxygen atoms in total. The zero-order valence-electron chi connectivity index (χ0n) is 8.56. The van der Waals surface area contributed by atoms with Crippen LogP contribution in [0.25, 0.3) is 0 Å². The third kappa shape index (κ3) is 1.39. The van der Waals surface area contributed by atoms with Crippen LogP contribution < -0.4 is 5.32 Å². The topological polar surface area (TPSA) is 12.0 Å². The van der Waals surface area contributed by atoms with Gasteiger partial charge in [0.05, 0.1) is 0 Å². The first-order chi connectivity index (χ1) is 5.57. The third-order valence-corrected chi connectivity index (χ3v) is 3.66. The molecule has 0 aromatic rings. The predicted molar refractivity (Wildman–Crippen MR) is 52.1 cm³/mol. The van der Waals surface area contributed by atoms with Crippen molar-refractivity contribution in [3.8, 4) is 0 Å². The Hall–Kier alpha value is -0.0400. The van der Waals surface area contributed by atoms with Crippen molar-refractivity contribution in [2.75, 3.05) is 0 Å². The van der Waals surface area contributed by atoms with Gasteiger partial charge in [-0.1, -0.05) is 27.2 Å². The van der Waals surface area contributed by atoms with Crippen LogP contribution >= 0.6 is 0 Å². The first-order valence-electron chi connectivity index (χ1n) is 5.33. The summed E-state index contributed by atoms with van der Waals surface area (Å²) >= 11 is 0. The van der Waals surface area contributed by atoms with E-state index < -0.39 is 0 Å². The maximum Gasteiger partial charge on any atom is 0.0121 e. The number of rotatable bonds is 0. The highest BCUT2D eigenvalue weighted by molar-refractivity contribution is 4.98. The number of hydrogen-bond acceptors (Lipinski definition) is 1. The molecule has 1 N–H and O–H groups in total. The normalized spacial score (nSPS) is 41.8. The van der Waals surface area contributed by atoms with Gasteiger partial charge in [-0.05, 0) is 30.6 Å². The van der Waals surface area contributed by atoms with E-state index in [1.165, 1.54) is 25.7 Å². The van der Waals surface area contributed by atoms with Crippen molar-refractivity contribution in [3.63, 3.8) is 0 Å². The minimum Gasteiger partial charge on any atom is -0.310 e. The van der Waals surface area contributed by atoms with Gasteiger partial charge in [-0.2, -0.15) is 0 Å². The Kier molecular flexibility index (Phi) is 1.95. The fraction of sp³-hybridized carbons (Fsp3) is 1.00. The minimum atomic E-state index is 0.463. The van der Waals surface area contributed by atoms with Crippen molar-refractivity contribution < 1.29 is 0 Å². The molecule has 0 aromatic carbocycles. The summed E-state index contributed by atoms with van der Waals surface area (Å²) in [6.45, 7) is 7.06. The van der Waals surface area contributed by atoms with Gasteiger partial charge in [0.25, 0.3) is 0 Å². The van der Waals surface area contributed by atoms with Crippen LogP contribution in [0.5, 0.6) is 0 Å². The fourth-order valence-corrected chi connectivity index (χ4v) is 2.77. The second-order valence-corrected chi connectivity index (χ2v) is 5.62. The summed E-state index contributed by atoms with van der Waals surface area (Å²) in [6.07, 6.45) is 5.79. The Bertz CT molecular complexity index is 156. The first kappa shape index (κ1) is 8.55. The lowest BCUT2D eigenvalue weighted by atomic mass is 9.84. The molecule has 0 aromatic heterocycles. The molecule has 1 saturated carbocycles. The van der Waals surface area contributed by atoms with E-state index in [2.05, 4.69) is 26.1 Å². The summed E-state index contributed by atoms with van der Waals surface area (Å²) in [5.41, 5.74) is 0.463. The van der Waals surface area contributed by atoms with Gasteiger partial charge in [0.1, 0.15) is 0 Å². The van der Waals surface area contributed by atoms with E-state index in [4.69, 9.17) is 0 Å². The van der Waals surface area contributed by atoms with Crippen LogP contribution in [0, 0.1) is 11.3 Å². The van der Waals surface area contributed by atoms with Crippen molar-refractivity contribution in [2.24, 2.45) is 11.3 Å². The van der Waals surface area contributed by atoms with E-state index in [0.29, 0.717) is 5.41 Å². The molecular formula is C11H21N. The largest absolute Gasteiger partial charge is 0.310 e. The highest BCUT2D eigenvalue weighted by atomic mass is 15.0. The zero-order valence-corrected chi connectivity index (χ0v) is 8.56. The van der Waals surface area contributed by atoms with Gasteiger partial charge in [-0.3, -0.25) is 0 Å². The Morgan fingerprint density at radius 1 is 1.17 bits per heavy atom. The third-order valence-electron chi connectivity index (χ3n) is 3.66. The number of hydrogen-bond donors (Lipinski definition) is 1. The van der Waals surface area contributed by atoms with Crippen molar-refractivity contribution in [1.29, 1.82) is 0 Å². The Labute approximate surface area is 75.9 Å². The fourth-order valence-electron chi connectivity index (χ4n) is 2.77. The van der Waals surface area contributed by atoms with E-state index in [0.717, 1.165) is 18.0 Å². The molecule has 0 amide bonds. The molecule has 12 heavy (non-hydrogen) atoms. The van der Waals surface area contributed by atoms with Gasteiger partial charge < -0.3 is 5.32 Å². The smallest absolute Gasteiger partial charge is 0.0121 e. The lowest BCUT2D eigenvalue weighted by molar-refractivity contribution is 0.280. The van der Waals surface area contributed by atoms with E-state index in [9.17, 15) is 0 Å². The maximum absolute atomic E-state index is 3.79. The van der Waals surface area contributed by atoms with E-state index in [1.807, 2.05) is 0 Å². The Morgan fingerprint density at radius 3 is 2.50 bits per heavy atom. The number of nitrogens with one attached hydrogen (secondary N) is 1. The van der Waals surface area contributed by atoms with Crippen LogP contribution in [-0.4, -0.2) is 12.1 Å². The first-order valence-corrected chi connectivity index (χ1v) is 5.33. The Balaban J connectivity index is 1.99. The van der Waals surface area contributed by atoms with Gasteiger partial charge in [0, 0.05) is 12.1 Å². The van der Waals surface area contributed by atoms with Gasteiger partial charge in [-0.15, -0.1) is 0 Å². The molecule has 0 spiro atoms. The maximum atomic E-state index is 3.79. The standard InChI is InChI=1S/C11H21N/c1-11(2,3)10-7-8-5-4-6-9(8)12-10/h8-10,12H,4-7H2,1-3H3. The lowest BCUT2D eigenvalue weighted by Crippen LogP contribution is -2.38. The van der Waals surface area contributed by atoms with Crippen LogP contribution in [0.15, 0.2) is 0 Å². The van der Waals surface area contributed by atoms with Crippen LogP contribution in [0.1, 0.15) is 46.5 Å². The molecule has 2 fully saturated rings. The van der Waals surface area contributed by atoms with Crippen molar-refractivity contribution in [2.45, 2.75) is 58.5 Å². The van der Waals surface area contributed by atoms with Gasteiger partial charge >= 0.3 is 0 Å². The van der Waals surface area contributed by atoms with E-state index in [1.54, 1.807) is 0 Å². The second kappa shape index (κ2) is 2.73. The van der Waals surface area contributed by atoms with Crippen LogP contribution in [-0.2, 0) is 0 Å². The summed E-state index contributed by atoms with van der Waals surface area (Å²) < 4.78 is 0. The summed E-state index contributed by atoms with van der Waals surface area (Å²) in [7, 11) is 0. The van der Waals surface area contributed by atoms with Crippen LogP contribution in [0.3, 0.4) is 0 Å². The van der Waals surface area contributed by atoms with Crippen LogP contribution in [0.2, 0.25) is 0 Å². The molecule has 2 rings (SSSR count). The molecule has 1 heteroatoms. The molecule has 1 aliphatic carbocycles. The molecule has 3 atom stereocenters. The highest BCUT2D eigenvalue weighted by Gasteiger charge is 2.40. The summed E-state index contributed by atoms with van der Waals surface area (Å²) in [5.74, 6) is 1.01. The number of fused-ring (bicyclic) bond motifs is 1. The second-order valence-electron chi connectivity index (χ2n) is 5.62. The van der Waals surface area contributed by atoms with Gasteiger partial charge in [-0.25, -0.2) is 0 Å². The monoisotopic (exact) mass is 167 g/mol. The SMILES string of the molecule is CC(C)(C)C1CC2CCCC2N1. The van der Waals surface area contributed by atoms with Crippen molar-refractivity contribution >= 4 is 0 Å². The summed E-state index contributed by atoms with van der Waals surface area (Å²) in [6, 6.07) is 1.64. The summed E-state index contributed by atoms with van der Waals surface area (Å²) in [5, 5.41) is 3.79. The molecule has 0 radical (unpaired) electrons. The molecule has 3 unspecified atom stereocenters. The Morgan fingerprint density at radius 2 is 1.92 bits per heavy atom. The molecule has 70 valence electrons.